The molecular weight excluding hydrogens is 367 g/mol. The molecule has 0 fully saturated rings. The van der Waals surface area contributed by atoms with Gasteiger partial charge in [-0.25, -0.2) is 4.79 Å². The Labute approximate surface area is 152 Å². The molecule has 1 N–H and O–H groups in total. The largest absolute Gasteiger partial charge is 0.449 e. The SMILES string of the molecule is CC(OC(=O)c1ccc2nncn2c1)C(=O)Nc1cccc(Cl)c1Cl. The van der Waals surface area contributed by atoms with Crippen LogP contribution >= 0.6 is 23.2 Å². The predicted octanol–water partition coefficient (Wildman–Crippen LogP) is 3.22. The summed E-state index contributed by atoms with van der Waals surface area (Å²) in [6, 6.07) is 8.02. The highest BCUT2D eigenvalue weighted by Crippen LogP contribution is 2.29. The molecule has 0 bridgehead atoms. The van der Waals surface area contributed by atoms with Gasteiger partial charge in [0.2, 0.25) is 0 Å². The molecule has 2 aromatic heterocycles. The number of nitrogens with one attached hydrogen (secondary N) is 1. The number of carbonyl (C=O) groups is 2. The molecule has 0 radical (unpaired) electrons. The van der Waals surface area contributed by atoms with Crippen molar-refractivity contribution in [1.82, 2.24) is 14.6 Å². The number of amides is 1. The summed E-state index contributed by atoms with van der Waals surface area (Å²) >= 11 is 11.9. The fourth-order valence-electron chi connectivity index (χ4n) is 2.07. The van der Waals surface area contributed by atoms with Gasteiger partial charge in [-0.15, -0.1) is 10.2 Å². The van der Waals surface area contributed by atoms with Crippen LogP contribution in [-0.2, 0) is 9.53 Å². The predicted molar refractivity (Wildman–Crippen MR) is 93.0 cm³/mol. The molecule has 9 heteroatoms. The van der Waals surface area contributed by atoms with Crippen molar-refractivity contribution in [3.8, 4) is 0 Å². The second-order valence-electron chi connectivity index (χ2n) is 5.15. The lowest BCUT2D eigenvalue weighted by molar-refractivity contribution is -0.123. The Bertz CT molecular complexity index is 957. The van der Waals surface area contributed by atoms with E-state index in [-0.39, 0.29) is 10.6 Å². The molecule has 0 spiro atoms. The number of rotatable bonds is 4. The van der Waals surface area contributed by atoms with Gasteiger partial charge >= 0.3 is 5.97 Å². The summed E-state index contributed by atoms with van der Waals surface area (Å²) < 4.78 is 6.76. The van der Waals surface area contributed by atoms with Gasteiger partial charge in [-0.1, -0.05) is 29.3 Å². The van der Waals surface area contributed by atoms with Crippen LogP contribution in [0.4, 0.5) is 5.69 Å². The van der Waals surface area contributed by atoms with Crippen molar-refractivity contribution in [2.75, 3.05) is 5.32 Å². The monoisotopic (exact) mass is 378 g/mol. The molecule has 0 saturated heterocycles. The molecule has 3 rings (SSSR count). The van der Waals surface area contributed by atoms with E-state index < -0.39 is 18.0 Å². The van der Waals surface area contributed by atoms with Crippen LogP contribution in [0.5, 0.6) is 0 Å². The molecular formula is C16H12Cl2N4O3. The quantitative estimate of drug-likeness (QED) is 0.704. The minimum Gasteiger partial charge on any atom is -0.449 e. The zero-order valence-electron chi connectivity index (χ0n) is 12.9. The van der Waals surface area contributed by atoms with Gasteiger partial charge in [0.15, 0.2) is 11.8 Å². The highest BCUT2D eigenvalue weighted by atomic mass is 35.5. The van der Waals surface area contributed by atoms with Crippen LogP contribution in [0.2, 0.25) is 10.0 Å². The minimum atomic E-state index is -1.03. The van der Waals surface area contributed by atoms with Gasteiger partial charge in [0.1, 0.15) is 6.33 Å². The number of halogens is 2. The van der Waals surface area contributed by atoms with Gasteiger partial charge in [0.25, 0.3) is 5.91 Å². The first-order valence-corrected chi connectivity index (χ1v) is 7.96. The first-order valence-electron chi connectivity index (χ1n) is 7.21. The summed E-state index contributed by atoms with van der Waals surface area (Å²) in [4.78, 5) is 24.4. The van der Waals surface area contributed by atoms with Crippen molar-refractivity contribution in [2.24, 2.45) is 0 Å². The zero-order chi connectivity index (χ0) is 18.0. The minimum absolute atomic E-state index is 0.217. The van der Waals surface area contributed by atoms with E-state index in [1.54, 1.807) is 34.7 Å². The van der Waals surface area contributed by atoms with Gasteiger partial charge in [-0.3, -0.25) is 9.20 Å². The maximum Gasteiger partial charge on any atom is 0.340 e. The number of benzene rings is 1. The molecule has 0 aliphatic rings. The second kappa shape index (κ2) is 7.08. The van der Waals surface area contributed by atoms with Gasteiger partial charge in [-0.05, 0) is 31.2 Å². The third-order valence-electron chi connectivity index (χ3n) is 3.39. The Morgan fingerprint density at radius 3 is 2.84 bits per heavy atom. The van der Waals surface area contributed by atoms with Gasteiger partial charge < -0.3 is 10.1 Å². The number of hydrogen-bond donors (Lipinski definition) is 1. The lowest BCUT2D eigenvalue weighted by atomic mass is 10.2. The van der Waals surface area contributed by atoms with Crippen LogP contribution < -0.4 is 5.32 Å². The Morgan fingerprint density at radius 1 is 1.24 bits per heavy atom. The summed E-state index contributed by atoms with van der Waals surface area (Å²) in [5.41, 5.74) is 1.21. The first kappa shape index (κ1) is 17.2. The average Bonchev–Trinajstić information content (AvgIpc) is 3.06. The van der Waals surface area contributed by atoms with E-state index in [1.165, 1.54) is 19.4 Å². The average molecular weight is 379 g/mol. The lowest BCUT2D eigenvalue weighted by Crippen LogP contribution is -2.30. The number of anilines is 1. The van der Waals surface area contributed by atoms with Crippen molar-refractivity contribution in [3.63, 3.8) is 0 Å². The van der Waals surface area contributed by atoms with E-state index in [0.717, 1.165) is 0 Å². The summed E-state index contributed by atoms with van der Waals surface area (Å²) in [6.07, 6.45) is 1.96. The number of ether oxygens (including phenoxy) is 1. The zero-order valence-corrected chi connectivity index (χ0v) is 14.5. The maximum absolute atomic E-state index is 12.2. The highest BCUT2D eigenvalue weighted by molar-refractivity contribution is 6.44. The van der Waals surface area contributed by atoms with E-state index in [4.69, 9.17) is 27.9 Å². The molecule has 3 aromatic rings. The molecule has 0 aliphatic carbocycles. The summed E-state index contributed by atoms with van der Waals surface area (Å²) in [7, 11) is 0. The van der Waals surface area contributed by atoms with Crippen LogP contribution in [0.25, 0.3) is 5.65 Å². The van der Waals surface area contributed by atoms with Crippen molar-refractivity contribution < 1.29 is 14.3 Å². The number of carbonyl (C=O) groups excluding carboxylic acids is 2. The third kappa shape index (κ3) is 3.72. The smallest absolute Gasteiger partial charge is 0.340 e. The summed E-state index contributed by atoms with van der Waals surface area (Å²) in [5, 5.41) is 10.7. The number of hydrogen-bond acceptors (Lipinski definition) is 5. The van der Waals surface area contributed by atoms with Gasteiger partial charge in [0.05, 0.1) is 21.3 Å². The number of pyridine rings is 1. The van der Waals surface area contributed by atoms with E-state index in [2.05, 4.69) is 15.5 Å². The maximum atomic E-state index is 12.2. The molecule has 0 aliphatic heterocycles. The van der Waals surface area contributed by atoms with Crippen LogP contribution in [0.1, 0.15) is 17.3 Å². The van der Waals surface area contributed by atoms with E-state index in [1.807, 2.05) is 0 Å². The Kier molecular flexibility index (Phi) is 4.87. The second-order valence-corrected chi connectivity index (χ2v) is 5.94. The molecule has 128 valence electrons. The Morgan fingerprint density at radius 2 is 2.04 bits per heavy atom. The van der Waals surface area contributed by atoms with Crippen molar-refractivity contribution in [1.29, 1.82) is 0 Å². The molecule has 0 saturated carbocycles. The van der Waals surface area contributed by atoms with Crippen LogP contribution in [0, 0.1) is 0 Å². The van der Waals surface area contributed by atoms with Crippen LogP contribution in [-0.4, -0.2) is 32.6 Å². The molecule has 1 amide bonds. The fraction of sp³-hybridized carbons (Fsp3) is 0.125. The van der Waals surface area contributed by atoms with Crippen molar-refractivity contribution in [2.45, 2.75) is 13.0 Å². The first-order chi connectivity index (χ1) is 12.0. The molecule has 7 nitrogen and oxygen atoms in total. The number of aromatic nitrogens is 3. The number of nitrogens with zero attached hydrogens (tertiary/aromatic N) is 3. The van der Waals surface area contributed by atoms with Crippen LogP contribution in [0.3, 0.4) is 0 Å². The summed E-state index contributed by atoms with van der Waals surface area (Å²) in [5.74, 6) is -1.17. The molecule has 25 heavy (non-hydrogen) atoms. The molecule has 1 unspecified atom stereocenters. The topological polar surface area (TPSA) is 85.6 Å². The van der Waals surface area contributed by atoms with E-state index >= 15 is 0 Å². The van der Waals surface area contributed by atoms with E-state index in [9.17, 15) is 9.59 Å². The molecule has 1 aromatic carbocycles. The standard InChI is InChI=1S/C16H12Cl2N4O3/c1-9(15(23)20-12-4-2-3-11(17)14(12)18)25-16(24)10-5-6-13-21-19-8-22(13)7-10/h2-9H,1H3,(H,20,23). The molecule has 2 heterocycles. The van der Waals surface area contributed by atoms with Crippen LogP contribution in [0.15, 0.2) is 42.9 Å². The highest BCUT2D eigenvalue weighted by Gasteiger charge is 2.20. The normalized spacial score (nSPS) is 12.0. The Balaban J connectivity index is 1.68. The lowest BCUT2D eigenvalue weighted by Gasteiger charge is -2.14. The summed E-state index contributed by atoms with van der Waals surface area (Å²) in [6.45, 7) is 1.46. The van der Waals surface area contributed by atoms with Crippen molar-refractivity contribution >= 4 is 46.4 Å². The number of fused-ring (bicyclic) bond motifs is 1. The molecule has 1 atom stereocenters. The van der Waals surface area contributed by atoms with Crippen molar-refractivity contribution in [3.05, 3.63) is 58.5 Å². The Hall–Kier alpha value is -2.64. The van der Waals surface area contributed by atoms with Gasteiger partial charge in [-0.2, -0.15) is 0 Å². The third-order valence-corrected chi connectivity index (χ3v) is 4.21. The number of esters is 1. The van der Waals surface area contributed by atoms with Gasteiger partial charge in [0, 0.05) is 6.20 Å². The fourth-order valence-corrected chi connectivity index (χ4v) is 2.41. The van der Waals surface area contributed by atoms with E-state index in [0.29, 0.717) is 16.4 Å².